The first-order valence-corrected chi connectivity index (χ1v) is 7.45. The summed E-state index contributed by atoms with van der Waals surface area (Å²) in [5, 5.41) is 4.18. The van der Waals surface area contributed by atoms with E-state index in [1.165, 1.54) is 12.1 Å². The Balaban J connectivity index is 2.12. The van der Waals surface area contributed by atoms with E-state index in [0.29, 0.717) is 23.2 Å². The fraction of sp³-hybridized carbons (Fsp3) is 0.250. The minimum absolute atomic E-state index is 0.354. The van der Waals surface area contributed by atoms with Gasteiger partial charge in [0.1, 0.15) is 11.6 Å². The van der Waals surface area contributed by atoms with Gasteiger partial charge in [-0.2, -0.15) is 0 Å². The normalized spacial score (nSPS) is 10.5. The lowest BCUT2D eigenvalue weighted by Crippen LogP contribution is -2.04. The average molecular weight is 328 g/mol. The molecule has 0 bridgehead atoms. The van der Waals surface area contributed by atoms with Crippen LogP contribution in [0.4, 0.5) is 10.1 Å². The molecule has 0 amide bonds. The molecule has 0 aliphatic heterocycles. The van der Waals surface area contributed by atoms with Crippen LogP contribution in [-0.2, 0) is 6.54 Å². The second-order valence-electron chi connectivity index (χ2n) is 4.62. The van der Waals surface area contributed by atoms with Crippen molar-refractivity contribution in [1.29, 1.82) is 0 Å². The number of hydrogen-bond donors (Lipinski definition) is 1. The minimum Gasteiger partial charge on any atom is -0.491 e. The molecule has 0 saturated carbocycles. The molecular weight excluding hydrogens is 312 g/mol. The summed E-state index contributed by atoms with van der Waals surface area (Å²) < 4.78 is 19.0. The topological polar surface area (TPSA) is 21.3 Å². The first-order chi connectivity index (χ1) is 10.1. The molecule has 2 rings (SSSR count). The molecule has 0 radical (unpaired) electrons. The van der Waals surface area contributed by atoms with Crippen LogP contribution in [0.2, 0.25) is 10.0 Å². The van der Waals surface area contributed by atoms with Crippen molar-refractivity contribution in [2.75, 3.05) is 11.9 Å². The summed E-state index contributed by atoms with van der Waals surface area (Å²) in [6, 6.07) is 9.81. The molecular formula is C16H16Cl2FNO. The lowest BCUT2D eigenvalue weighted by molar-refractivity contribution is 0.319. The van der Waals surface area contributed by atoms with Gasteiger partial charge in [-0.3, -0.25) is 0 Å². The zero-order chi connectivity index (χ0) is 15.2. The molecule has 2 aromatic rings. The quantitative estimate of drug-likeness (QED) is 0.752. The summed E-state index contributed by atoms with van der Waals surface area (Å²) >= 11 is 11.8. The smallest absolute Gasteiger partial charge is 0.142 e. The Labute approximate surface area is 133 Å². The van der Waals surface area contributed by atoms with Crippen molar-refractivity contribution in [2.45, 2.75) is 19.9 Å². The van der Waals surface area contributed by atoms with Crippen molar-refractivity contribution >= 4 is 28.9 Å². The van der Waals surface area contributed by atoms with E-state index in [4.69, 9.17) is 27.9 Å². The molecule has 21 heavy (non-hydrogen) atoms. The Kier molecular flexibility index (Phi) is 5.71. The summed E-state index contributed by atoms with van der Waals surface area (Å²) in [5.41, 5.74) is 1.53. The Morgan fingerprint density at radius 2 is 1.90 bits per heavy atom. The molecule has 0 unspecified atom stereocenters. The van der Waals surface area contributed by atoms with Crippen LogP contribution in [-0.4, -0.2) is 6.61 Å². The van der Waals surface area contributed by atoms with E-state index in [1.54, 1.807) is 18.2 Å². The van der Waals surface area contributed by atoms with Gasteiger partial charge < -0.3 is 10.1 Å². The lowest BCUT2D eigenvalue weighted by Gasteiger charge is -2.13. The number of anilines is 1. The highest BCUT2D eigenvalue weighted by Crippen LogP contribution is 2.29. The van der Waals surface area contributed by atoms with Gasteiger partial charge in [0.05, 0.1) is 12.3 Å². The number of nitrogens with one attached hydrogen (secondary N) is 1. The Hall–Kier alpha value is -1.45. The van der Waals surface area contributed by atoms with E-state index in [1.807, 2.05) is 13.0 Å². The van der Waals surface area contributed by atoms with Crippen molar-refractivity contribution in [1.82, 2.24) is 0 Å². The minimum atomic E-state index is -0.354. The van der Waals surface area contributed by atoms with E-state index >= 15 is 0 Å². The van der Waals surface area contributed by atoms with Crippen molar-refractivity contribution < 1.29 is 9.13 Å². The van der Waals surface area contributed by atoms with Crippen molar-refractivity contribution in [2.24, 2.45) is 0 Å². The molecule has 0 atom stereocenters. The molecule has 0 fully saturated rings. The van der Waals surface area contributed by atoms with Gasteiger partial charge in [-0.1, -0.05) is 30.1 Å². The van der Waals surface area contributed by atoms with Gasteiger partial charge in [0, 0.05) is 16.6 Å². The number of ether oxygens (including phenoxy) is 1. The molecule has 0 aliphatic carbocycles. The largest absolute Gasteiger partial charge is 0.491 e. The fourth-order valence-corrected chi connectivity index (χ4v) is 2.31. The van der Waals surface area contributed by atoms with Gasteiger partial charge in [-0.05, 0) is 48.4 Å². The summed E-state index contributed by atoms with van der Waals surface area (Å²) in [7, 11) is 0. The van der Waals surface area contributed by atoms with E-state index in [-0.39, 0.29) is 5.82 Å². The van der Waals surface area contributed by atoms with Gasteiger partial charge >= 0.3 is 0 Å². The highest BCUT2D eigenvalue weighted by atomic mass is 35.5. The van der Waals surface area contributed by atoms with E-state index in [0.717, 1.165) is 23.4 Å². The van der Waals surface area contributed by atoms with E-state index < -0.39 is 0 Å². The van der Waals surface area contributed by atoms with Gasteiger partial charge in [0.2, 0.25) is 0 Å². The monoisotopic (exact) mass is 327 g/mol. The van der Waals surface area contributed by atoms with Crippen LogP contribution in [0.25, 0.3) is 0 Å². The summed E-state index contributed by atoms with van der Waals surface area (Å²) in [4.78, 5) is 0. The van der Waals surface area contributed by atoms with Gasteiger partial charge in [-0.25, -0.2) is 4.39 Å². The van der Waals surface area contributed by atoms with Crippen molar-refractivity contribution in [3.8, 4) is 5.75 Å². The molecule has 0 saturated heterocycles. The second kappa shape index (κ2) is 7.53. The molecule has 2 nitrogen and oxygen atoms in total. The average Bonchev–Trinajstić information content (AvgIpc) is 2.43. The van der Waals surface area contributed by atoms with Gasteiger partial charge in [0.25, 0.3) is 0 Å². The molecule has 0 heterocycles. The molecule has 112 valence electrons. The third kappa shape index (κ3) is 4.80. The van der Waals surface area contributed by atoms with Crippen LogP contribution >= 0.6 is 23.2 Å². The maximum absolute atomic E-state index is 13.3. The number of benzene rings is 2. The summed E-state index contributed by atoms with van der Waals surface area (Å²) in [5.74, 6) is 0.372. The molecule has 5 heteroatoms. The Bertz CT molecular complexity index is 599. The summed E-state index contributed by atoms with van der Waals surface area (Å²) in [6.45, 7) is 3.10. The highest BCUT2D eigenvalue weighted by molar-refractivity contribution is 6.31. The number of hydrogen-bond acceptors (Lipinski definition) is 2. The van der Waals surface area contributed by atoms with Crippen LogP contribution in [0.3, 0.4) is 0 Å². The zero-order valence-electron chi connectivity index (χ0n) is 11.6. The SMILES string of the molecule is CCCOc1ccc(Cl)cc1NCc1cc(F)cc(Cl)c1. The second-order valence-corrected chi connectivity index (χ2v) is 5.49. The Morgan fingerprint density at radius 3 is 2.62 bits per heavy atom. The summed E-state index contributed by atoms with van der Waals surface area (Å²) in [6.07, 6.45) is 0.918. The van der Waals surface area contributed by atoms with Crippen molar-refractivity contribution in [3.63, 3.8) is 0 Å². The van der Waals surface area contributed by atoms with Gasteiger partial charge in [0.15, 0.2) is 0 Å². The number of rotatable bonds is 6. The molecule has 0 aliphatic rings. The maximum Gasteiger partial charge on any atom is 0.142 e. The lowest BCUT2D eigenvalue weighted by atomic mass is 10.2. The number of halogens is 3. The fourth-order valence-electron chi connectivity index (χ4n) is 1.89. The van der Waals surface area contributed by atoms with E-state index in [2.05, 4.69) is 5.32 Å². The predicted molar refractivity (Wildman–Crippen MR) is 86.0 cm³/mol. The molecule has 2 aromatic carbocycles. The standard InChI is InChI=1S/C16H16Cl2FNO/c1-2-5-21-16-4-3-12(17)9-15(16)20-10-11-6-13(18)8-14(19)7-11/h3-4,6-9,20H,2,5,10H2,1H3. The first-order valence-electron chi connectivity index (χ1n) is 6.69. The van der Waals surface area contributed by atoms with Crippen LogP contribution < -0.4 is 10.1 Å². The highest BCUT2D eigenvalue weighted by Gasteiger charge is 2.06. The van der Waals surface area contributed by atoms with Crippen LogP contribution in [0.15, 0.2) is 36.4 Å². The maximum atomic E-state index is 13.3. The van der Waals surface area contributed by atoms with Crippen molar-refractivity contribution in [3.05, 3.63) is 57.8 Å². The van der Waals surface area contributed by atoms with Crippen LogP contribution in [0, 0.1) is 5.82 Å². The van der Waals surface area contributed by atoms with Crippen LogP contribution in [0.5, 0.6) is 5.75 Å². The third-order valence-corrected chi connectivity index (χ3v) is 3.26. The third-order valence-electron chi connectivity index (χ3n) is 2.81. The van der Waals surface area contributed by atoms with Crippen LogP contribution in [0.1, 0.15) is 18.9 Å². The zero-order valence-corrected chi connectivity index (χ0v) is 13.1. The first kappa shape index (κ1) is 15.9. The van der Waals surface area contributed by atoms with E-state index in [9.17, 15) is 4.39 Å². The Morgan fingerprint density at radius 1 is 1.10 bits per heavy atom. The molecule has 1 N–H and O–H groups in total. The molecule has 0 spiro atoms. The van der Waals surface area contributed by atoms with Gasteiger partial charge in [-0.15, -0.1) is 0 Å². The predicted octanol–water partition coefficient (Wildman–Crippen LogP) is 5.53. The molecule has 0 aromatic heterocycles.